The number of aryl methyl sites for hydroxylation is 1. The molecule has 1 fully saturated rings. The molecule has 0 saturated carbocycles. The van der Waals surface area contributed by atoms with Gasteiger partial charge in [-0.2, -0.15) is 0 Å². The molecule has 1 saturated heterocycles. The lowest BCUT2D eigenvalue weighted by molar-refractivity contribution is -0.138. The van der Waals surface area contributed by atoms with Crippen molar-refractivity contribution in [2.75, 3.05) is 13.1 Å². The quantitative estimate of drug-likeness (QED) is 0.840. The van der Waals surface area contributed by atoms with E-state index < -0.39 is 0 Å². The molecule has 1 N–H and O–H groups in total. The zero-order valence-electron chi connectivity index (χ0n) is 14.3. The molecule has 0 aliphatic carbocycles. The molecule has 6 heteroatoms. The summed E-state index contributed by atoms with van der Waals surface area (Å²) in [6.45, 7) is 1.59. The molecule has 2 amide bonds. The summed E-state index contributed by atoms with van der Waals surface area (Å²) >= 11 is 0. The van der Waals surface area contributed by atoms with E-state index >= 15 is 0 Å². The molecule has 25 heavy (non-hydrogen) atoms. The number of carbonyl (C=O) groups excluding carboxylic acids is 2. The Hall–Kier alpha value is -2.63. The fraction of sp³-hybridized carbons (Fsp3) is 0.421. The first-order chi connectivity index (χ1) is 12.2. The fourth-order valence-electron chi connectivity index (χ4n) is 3.15. The molecule has 2 heterocycles. The van der Waals surface area contributed by atoms with Gasteiger partial charge in [-0.15, -0.1) is 0 Å². The second-order valence-corrected chi connectivity index (χ2v) is 6.39. The molecule has 3 rings (SSSR count). The van der Waals surface area contributed by atoms with Crippen LogP contribution in [0, 0.1) is 0 Å². The maximum Gasteiger partial charge on any atom is 0.240 e. The topological polar surface area (TPSA) is 67.2 Å². The summed E-state index contributed by atoms with van der Waals surface area (Å²) in [5.74, 6) is -0.0224. The van der Waals surface area contributed by atoms with Gasteiger partial charge in [0.15, 0.2) is 0 Å². The van der Waals surface area contributed by atoms with Gasteiger partial charge < -0.3 is 14.8 Å². The van der Waals surface area contributed by atoms with E-state index in [0.29, 0.717) is 13.0 Å². The highest BCUT2D eigenvalue weighted by Gasteiger charge is 2.22. The number of amides is 2. The Balaban J connectivity index is 1.62. The zero-order valence-corrected chi connectivity index (χ0v) is 14.3. The van der Waals surface area contributed by atoms with Gasteiger partial charge in [-0.05, 0) is 24.8 Å². The molecular weight excluding hydrogens is 316 g/mol. The van der Waals surface area contributed by atoms with Crippen LogP contribution in [-0.4, -0.2) is 39.4 Å². The number of piperidine rings is 1. The van der Waals surface area contributed by atoms with E-state index in [1.54, 1.807) is 17.4 Å². The van der Waals surface area contributed by atoms with Crippen molar-refractivity contribution in [3.8, 4) is 0 Å². The Morgan fingerprint density at radius 3 is 2.80 bits per heavy atom. The second-order valence-electron chi connectivity index (χ2n) is 6.39. The van der Waals surface area contributed by atoms with Gasteiger partial charge in [-0.25, -0.2) is 4.98 Å². The Kier molecular flexibility index (Phi) is 5.82. The summed E-state index contributed by atoms with van der Waals surface area (Å²) in [4.78, 5) is 30.1. The number of nitrogens with one attached hydrogen (secondary N) is 1. The third-order valence-electron chi connectivity index (χ3n) is 4.53. The monoisotopic (exact) mass is 340 g/mol. The normalized spacial score (nSPS) is 15.8. The van der Waals surface area contributed by atoms with Crippen LogP contribution < -0.4 is 5.32 Å². The number of nitrogens with zero attached hydrogens (tertiary/aromatic N) is 3. The number of hydrogen-bond acceptors (Lipinski definition) is 3. The molecule has 1 atom stereocenters. The van der Waals surface area contributed by atoms with Crippen LogP contribution in [0.5, 0.6) is 0 Å². The average molecular weight is 340 g/mol. The molecule has 1 unspecified atom stereocenters. The summed E-state index contributed by atoms with van der Waals surface area (Å²) < 4.78 is 2.00. The number of benzene rings is 1. The molecular formula is C19H24N4O2. The molecule has 0 spiro atoms. The summed E-state index contributed by atoms with van der Waals surface area (Å²) in [5, 5.41) is 3.10. The van der Waals surface area contributed by atoms with Crippen LogP contribution in [0.3, 0.4) is 0 Å². The Morgan fingerprint density at radius 2 is 2.08 bits per heavy atom. The number of rotatable bonds is 7. The van der Waals surface area contributed by atoms with E-state index in [2.05, 4.69) is 10.3 Å². The average Bonchev–Trinajstić information content (AvgIpc) is 3.15. The number of carbonyl (C=O) groups is 2. The van der Waals surface area contributed by atoms with E-state index in [1.807, 2.05) is 41.1 Å². The first kappa shape index (κ1) is 17.2. The predicted molar refractivity (Wildman–Crippen MR) is 94.6 cm³/mol. The minimum absolute atomic E-state index is 0.0797. The smallest absolute Gasteiger partial charge is 0.240 e. The van der Waals surface area contributed by atoms with Gasteiger partial charge in [-0.3, -0.25) is 9.59 Å². The molecule has 2 aromatic rings. The van der Waals surface area contributed by atoms with E-state index in [9.17, 15) is 9.59 Å². The van der Waals surface area contributed by atoms with Crippen LogP contribution in [0.2, 0.25) is 0 Å². The summed E-state index contributed by atoms with van der Waals surface area (Å²) in [6.07, 6.45) is 8.65. The molecule has 1 aliphatic heterocycles. The lowest BCUT2D eigenvalue weighted by Crippen LogP contribution is -2.44. The maximum atomic E-state index is 12.5. The Labute approximate surface area is 147 Å². The minimum atomic E-state index is -0.102. The van der Waals surface area contributed by atoms with Gasteiger partial charge in [0.2, 0.25) is 11.8 Å². The van der Waals surface area contributed by atoms with Gasteiger partial charge in [0.05, 0.1) is 18.9 Å². The highest BCUT2D eigenvalue weighted by atomic mass is 16.2. The Bertz CT molecular complexity index is 685. The van der Waals surface area contributed by atoms with E-state index in [1.165, 1.54) is 0 Å². The van der Waals surface area contributed by atoms with E-state index in [4.69, 9.17) is 0 Å². The summed E-state index contributed by atoms with van der Waals surface area (Å²) in [6, 6.07) is 9.86. The first-order valence-corrected chi connectivity index (χ1v) is 8.80. The summed E-state index contributed by atoms with van der Waals surface area (Å²) in [7, 11) is 0. The highest BCUT2D eigenvalue weighted by molar-refractivity contribution is 5.85. The van der Waals surface area contributed by atoms with Gasteiger partial charge in [-0.1, -0.05) is 30.3 Å². The van der Waals surface area contributed by atoms with E-state index in [0.717, 1.165) is 31.4 Å². The summed E-state index contributed by atoms with van der Waals surface area (Å²) in [5.41, 5.74) is 1.07. The maximum absolute atomic E-state index is 12.5. The third-order valence-corrected chi connectivity index (χ3v) is 4.53. The third kappa shape index (κ3) is 4.92. The highest BCUT2D eigenvalue weighted by Crippen LogP contribution is 2.18. The van der Waals surface area contributed by atoms with Crippen molar-refractivity contribution in [3.63, 3.8) is 0 Å². The first-order valence-electron chi connectivity index (χ1n) is 8.80. The lowest BCUT2D eigenvalue weighted by Gasteiger charge is -2.27. The second kappa shape index (κ2) is 8.46. The fourth-order valence-corrected chi connectivity index (χ4v) is 3.15. The van der Waals surface area contributed by atoms with Crippen molar-refractivity contribution in [2.24, 2.45) is 0 Å². The standard InChI is InChI=1S/C19H24N4O2/c24-18(14-23-11-5-4-8-19(23)25)21-17(16-6-2-1-3-7-16)9-12-22-13-10-20-15-22/h1-3,6-7,10,13,15,17H,4-5,8-9,11-12,14H2,(H,21,24). The predicted octanol–water partition coefficient (Wildman–Crippen LogP) is 2.14. The molecule has 6 nitrogen and oxygen atoms in total. The van der Waals surface area contributed by atoms with Crippen molar-refractivity contribution < 1.29 is 9.59 Å². The number of hydrogen-bond donors (Lipinski definition) is 1. The van der Waals surface area contributed by atoms with Gasteiger partial charge >= 0.3 is 0 Å². The molecule has 0 bridgehead atoms. The largest absolute Gasteiger partial charge is 0.348 e. The Morgan fingerprint density at radius 1 is 1.24 bits per heavy atom. The molecule has 1 aromatic heterocycles. The van der Waals surface area contributed by atoms with Crippen LogP contribution in [-0.2, 0) is 16.1 Å². The van der Waals surface area contributed by atoms with Crippen LogP contribution in [0.4, 0.5) is 0 Å². The van der Waals surface area contributed by atoms with Crippen LogP contribution in [0.1, 0.15) is 37.3 Å². The van der Waals surface area contributed by atoms with E-state index in [-0.39, 0.29) is 24.4 Å². The lowest BCUT2D eigenvalue weighted by atomic mass is 10.0. The van der Waals surface area contributed by atoms with Crippen LogP contribution in [0.15, 0.2) is 49.1 Å². The van der Waals surface area contributed by atoms with Crippen molar-refractivity contribution >= 4 is 11.8 Å². The van der Waals surface area contributed by atoms with Crippen molar-refractivity contribution in [2.45, 2.75) is 38.3 Å². The number of likely N-dealkylation sites (tertiary alicyclic amines) is 1. The molecule has 132 valence electrons. The van der Waals surface area contributed by atoms with Crippen molar-refractivity contribution in [1.29, 1.82) is 0 Å². The van der Waals surface area contributed by atoms with Gasteiger partial charge in [0.25, 0.3) is 0 Å². The van der Waals surface area contributed by atoms with Crippen molar-refractivity contribution in [1.82, 2.24) is 19.8 Å². The zero-order chi connectivity index (χ0) is 17.5. The number of imidazole rings is 1. The van der Waals surface area contributed by atoms with Crippen LogP contribution >= 0.6 is 0 Å². The molecule has 0 radical (unpaired) electrons. The molecule has 1 aromatic carbocycles. The van der Waals surface area contributed by atoms with Crippen LogP contribution in [0.25, 0.3) is 0 Å². The minimum Gasteiger partial charge on any atom is -0.348 e. The SMILES string of the molecule is O=C(CN1CCCCC1=O)NC(CCn1ccnc1)c1ccccc1. The van der Waals surface area contributed by atoms with Gasteiger partial charge in [0.1, 0.15) is 0 Å². The van der Waals surface area contributed by atoms with Crippen molar-refractivity contribution in [3.05, 3.63) is 54.6 Å². The number of aromatic nitrogens is 2. The van der Waals surface area contributed by atoms with Gasteiger partial charge in [0, 0.05) is 31.9 Å². The molecule has 1 aliphatic rings.